The number of anilines is 1. The smallest absolute Gasteiger partial charge is 0.128 e. The molecule has 0 saturated carbocycles. The van der Waals surface area contributed by atoms with Crippen LogP contribution in [0.4, 0.5) is 5.82 Å². The Morgan fingerprint density at radius 3 is 2.67 bits per heavy atom. The summed E-state index contributed by atoms with van der Waals surface area (Å²) in [6, 6.07) is 4.36. The van der Waals surface area contributed by atoms with E-state index in [4.69, 9.17) is 0 Å². The third-order valence-electron chi connectivity index (χ3n) is 4.59. The first-order valence-electron chi connectivity index (χ1n) is 8.26. The van der Waals surface area contributed by atoms with Gasteiger partial charge in [0.1, 0.15) is 5.82 Å². The Kier molecular flexibility index (Phi) is 6.46. The van der Waals surface area contributed by atoms with E-state index in [9.17, 15) is 0 Å². The molecule has 1 fully saturated rings. The Balaban J connectivity index is 1.78. The number of nitrogens with one attached hydrogen (secondary N) is 1. The number of rotatable bonds is 7. The summed E-state index contributed by atoms with van der Waals surface area (Å²) in [6.07, 6.45) is 6.04. The normalized spacial score (nSPS) is 17.1. The monoisotopic (exact) mass is 290 g/mol. The fourth-order valence-corrected chi connectivity index (χ4v) is 2.94. The molecule has 1 saturated heterocycles. The molecule has 0 radical (unpaired) electrons. The average Bonchev–Trinajstić information content (AvgIpc) is 2.54. The van der Waals surface area contributed by atoms with Crippen LogP contribution in [0.15, 0.2) is 18.3 Å². The van der Waals surface area contributed by atoms with Gasteiger partial charge in [-0.05, 0) is 70.4 Å². The summed E-state index contributed by atoms with van der Waals surface area (Å²) >= 11 is 0. The summed E-state index contributed by atoms with van der Waals surface area (Å²) < 4.78 is 0. The predicted molar refractivity (Wildman–Crippen MR) is 89.7 cm³/mol. The van der Waals surface area contributed by atoms with Crippen molar-refractivity contribution in [2.45, 2.75) is 32.7 Å². The molecule has 0 unspecified atom stereocenters. The molecule has 1 aliphatic rings. The lowest BCUT2D eigenvalue weighted by molar-refractivity contribution is 0.172. The molecule has 21 heavy (non-hydrogen) atoms. The molecule has 4 heteroatoms. The van der Waals surface area contributed by atoms with Crippen molar-refractivity contribution in [3.05, 3.63) is 23.9 Å². The molecule has 0 atom stereocenters. The minimum atomic E-state index is 0.910. The molecule has 0 spiro atoms. The van der Waals surface area contributed by atoms with E-state index in [0.29, 0.717) is 0 Å². The van der Waals surface area contributed by atoms with Crippen LogP contribution in [0.1, 0.15) is 31.7 Å². The maximum absolute atomic E-state index is 4.56. The summed E-state index contributed by atoms with van der Waals surface area (Å²) in [7, 11) is 4.12. The van der Waals surface area contributed by atoms with Gasteiger partial charge in [-0.3, -0.25) is 4.90 Å². The SMILES string of the molecule is CCN(C)c1ccc(CN2CCC(CCNC)CC2)cn1. The van der Waals surface area contributed by atoms with Gasteiger partial charge in [-0.15, -0.1) is 0 Å². The predicted octanol–water partition coefficient (Wildman–Crippen LogP) is 2.36. The fraction of sp³-hybridized carbons (Fsp3) is 0.706. The van der Waals surface area contributed by atoms with Crippen molar-refractivity contribution in [3.8, 4) is 0 Å². The highest BCUT2D eigenvalue weighted by Gasteiger charge is 2.18. The highest BCUT2D eigenvalue weighted by atomic mass is 15.2. The van der Waals surface area contributed by atoms with Crippen LogP contribution in [-0.4, -0.2) is 50.2 Å². The first kappa shape index (κ1) is 16.2. The molecule has 0 bridgehead atoms. The molecule has 1 aliphatic heterocycles. The van der Waals surface area contributed by atoms with Gasteiger partial charge in [0.25, 0.3) is 0 Å². The minimum Gasteiger partial charge on any atom is -0.360 e. The van der Waals surface area contributed by atoms with Gasteiger partial charge < -0.3 is 10.2 Å². The maximum atomic E-state index is 4.56. The summed E-state index contributed by atoms with van der Waals surface area (Å²) in [5.41, 5.74) is 1.33. The quantitative estimate of drug-likeness (QED) is 0.835. The molecule has 2 heterocycles. The third kappa shape index (κ3) is 4.97. The number of hydrogen-bond donors (Lipinski definition) is 1. The number of nitrogens with zero attached hydrogens (tertiary/aromatic N) is 3. The summed E-state index contributed by atoms with van der Waals surface area (Å²) in [5, 5.41) is 3.26. The number of hydrogen-bond acceptors (Lipinski definition) is 4. The molecule has 0 aromatic carbocycles. The van der Waals surface area contributed by atoms with Crippen molar-refractivity contribution >= 4 is 5.82 Å². The van der Waals surface area contributed by atoms with Crippen LogP contribution < -0.4 is 10.2 Å². The van der Waals surface area contributed by atoms with E-state index in [1.165, 1.54) is 37.9 Å². The molecular formula is C17H30N4. The van der Waals surface area contributed by atoms with Crippen LogP contribution in [0, 0.1) is 5.92 Å². The van der Waals surface area contributed by atoms with E-state index < -0.39 is 0 Å². The lowest BCUT2D eigenvalue weighted by Crippen LogP contribution is -2.34. The summed E-state index contributed by atoms with van der Waals surface area (Å²) in [4.78, 5) is 9.29. The van der Waals surface area contributed by atoms with Gasteiger partial charge in [0.2, 0.25) is 0 Å². The molecule has 1 aromatic rings. The largest absolute Gasteiger partial charge is 0.360 e. The van der Waals surface area contributed by atoms with E-state index in [-0.39, 0.29) is 0 Å². The molecular weight excluding hydrogens is 260 g/mol. The molecule has 1 aromatic heterocycles. The molecule has 0 aliphatic carbocycles. The fourth-order valence-electron chi connectivity index (χ4n) is 2.94. The molecule has 1 N–H and O–H groups in total. The maximum Gasteiger partial charge on any atom is 0.128 e. The number of piperidine rings is 1. The highest BCUT2D eigenvalue weighted by Crippen LogP contribution is 2.21. The lowest BCUT2D eigenvalue weighted by Gasteiger charge is -2.32. The first-order chi connectivity index (χ1) is 10.2. The second-order valence-corrected chi connectivity index (χ2v) is 6.15. The van der Waals surface area contributed by atoms with Gasteiger partial charge >= 0.3 is 0 Å². The standard InChI is InChI=1S/C17H30N4/c1-4-20(3)17-6-5-16(13-19-17)14-21-11-8-15(9-12-21)7-10-18-2/h5-6,13,15,18H,4,7-12,14H2,1-3H3. The van der Waals surface area contributed by atoms with Crippen molar-refractivity contribution in [1.82, 2.24) is 15.2 Å². The number of pyridine rings is 1. The van der Waals surface area contributed by atoms with E-state index in [0.717, 1.165) is 31.4 Å². The summed E-state index contributed by atoms with van der Waals surface area (Å²) in [6.45, 7) is 7.79. The van der Waals surface area contributed by atoms with Crippen molar-refractivity contribution in [3.63, 3.8) is 0 Å². The Morgan fingerprint density at radius 1 is 1.33 bits per heavy atom. The van der Waals surface area contributed by atoms with Gasteiger partial charge in [-0.25, -0.2) is 4.98 Å². The van der Waals surface area contributed by atoms with Gasteiger partial charge in [0.05, 0.1) is 0 Å². The van der Waals surface area contributed by atoms with E-state index in [2.05, 4.69) is 46.2 Å². The van der Waals surface area contributed by atoms with Crippen LogP contribution in [0.5, 0.6) is 0 Å². The van der Waals surface area contributed by atoms with E-state index in [1.807, 2.05) is 13.2 Å². The number of likely N-dealkylation sites (tertiary alicyclic amines) is 1. The zero-order chi connectivity index (χ0) is 15.1. The van der Waals surface area contributed by atoms with E-state index >= 15 is 0 Å². The van der Waals surface area contributed by atoms with Crippen molar-refractivity contribution < 1.29 is 0 Å². The topological polar surface area (TPSA) is 31.4 Å². The van der Waals surface area contributed by atoms with Crippen LogP contribution in [0.25, 0.3) is 0 Å². The Hall–Kier alpha value is -1.13. The van der Waals surface area contributed by atoms with E-state index in [1.54, 1.807) is 0 Å². The Labute approximate surface area is 129 Å². The lowest BCUT2D eigenvalue weighted by atomic mass is 9.93. The molecule has 2 rings (SSSR count). The zero-order valence-electron chi connectivity index (χ0n) is 13.8. The zero-order valence-corrected chi connectivity index (χ0v) is 13.8. The first-order valence-corrected chi connectivity index (χ1v) is 8.26. The van der Waals surface area contributed by atoms with Crippen molar-refractivity contribution in [1.29, 1.82) is 0 Å². The number of aromatic nitrogens is 1. The third-order valence-corrected chi connectivity index (χ3v) is 4.59. The highest BCUT2D eigenvalue weighted by molar-refractivity contribution is 5.37. The van der Waals surface area contributed by atoms with Crippen LogP contribution in [0.3, 0.4) is 0 Å². The average molecular weight is 290 g/mol. The van der Waals surface area contributed by atoms with Gasteiger partial charge in [-0.1, -0.05) is 6.07 Å². The molecule has 118 valence electrons. The van der Waals surface area contributed by atoms with Crippen molar-refractivity contribution in [2.24, 2.45) is 5.92 Å². The molecule has 4 nitrogen and oxygen atoms in total. The van der Waals surface area contributed by atoms with Crippen LogP contribution in [-0.2, 0) is 6.54 Å². The second kappa shape index (κ2) is 8.35. The second-order valence-electron chi connectivity index (χ2n) is 6.15. The van der Waals surface area contributed by atoms with Crippen LogP contribution in [0.2, 0.25) is 0 Å². The molecule has 0 amide bonds. The van der Waals surface area contributed by atoms with Crippen LogP contribution >= 0.6 is 0 Å². The minimum absolute atomic E-state index is 0.910. The summed E-state index contributed by atoms with van der Waals surface area (Å²) in [5.74, 6) is 1.97. The van der Waals surface area contributed by atoms with Gasteiger partial charge in [0, 0.05) is 26.3 Å². The Morgan fingerprint density at radius 2 is 2.10 bits per heavy atom. The van der Waals surface area contributed by atoms with Crippen molar-refractivity contribution in [2.75, 3.05) is 45.2 Å². The van der Waals surface area contributed by atoms with Gasteiger partial charge in [0.15, 0.2) is 0 Å². The van der Waals surface area contributed by atoms with Gasteiger partial charge in [-0.2, -0.15) is 0 Å². The Bertz CT molecular complexity index is 396.